The Labute approximate surface area is 117 Å². The summed E-state index contributed by atoms with van der Waals surface area (Å²) in [6.07, 6.45) is 2.92. The molecule has 3 N–H and O–H groups in total. The maximum Gasteiger partial charge on any atom is 0.227 e. The van der Waals surface area contributed by atoms with E-state index in [2.05, 4.69) is 50.6 Å². The monoisotopic (exact) mass is 267 g/mol. The van der Waals surface area contributed by atoms with E-state index in [1.54, 1.807) is 0 Å². The number of piperidine rings is 1. The molecule has 1 amide bonds. The van der Waals surface area contributed by atoms with E-state index >= 15 is 0 Å². The van der Waals surface area contributed by atoms with Crippen molar-refractivity contribution in [3.05, 3.63) is 0 Å². The molecular formula is C15H29N3O. The van der Waals surface area contributed by atoms with E-state index in [1.807, 2.05) is 0 Å². The first-order valence-electron chi connectivity index (χ1n) is 7.43. The fourth-order valence-electron chi connectivity index (χ4n) is 3.79. The number of nitrogens with one attached hydrogen (secondary N) is 3. The van der Waals surface area contributed by atoms with Crippen LogP contribution in [0.2, 0.25) is 0 Å². The normalized spacial score (nSPS) is 34.2. The Bertz CT molecular complexity index is 340. The van der Waals surface area contributed by atoms with Crippen molar-refractivity contribution in [2.45, 2.75) is 71.0 Å². The fraction of sp³-hybridized carbons (Fsp3) is 0.933. The highest BCUT2D eigenvalue weighted by Gasteiger charge is 2.41. The van der Waals surface area contributed by atoms with Crippen LogP contribution in [-0.4, -0.2) is 36.1 Å². The first-order chi connectivity index (χ1) is 8.62. The second kappa shape index (κ2) is 4.74. The van der Waals surface area contributed by atoms with Crippen molar-refractivity contribution in [3.8, 4) is 0 Å². The minimum absolute atomic E-state index is 0.0779. The Hall–Kier alpha value is -0.610. The number of carbonyl (C=O) groups is 1. The Morgan fingerprint density at radius 1 is 1.11 bits per heavy atom. The van der Waals surface area contributed by atoms with E-state index in [1.165, 1.54) is 0 Å². The topological polar surface area (TPSA) is 53.2 Å². The molecule has 4 heteroatoms. The van der Waals surface area contributed by atoms with Gasteiger partial charge in [-0.2, -0.15) is 0 Å². The van der Waals surface area contributed by atoms with Gasteiger partial charge < -0.3 is 16.0 Å². The molecule has 19 heavy (non-hydrogen) atoms. The quantitative estimate of drug-likeness (QED) is 0.709. The first kappa shape index (κ1) is 14.8. The third kappa shape index (κ3) is 3.48. The molecule has 2 saturated heterocycles. The summed E-state index contributed by atoms with van der Waals surface area (Å²) in [4.78, 5) is 12.5. The second-order valence-electron chi connectivity index (χ2n) is 7.96. The van der Waals surface area contributed by atoms with E-state index in [0.29, 0.717) is 0 Å². The molecule has 0 spiro atoms. The fourth-order valence-corrected chi connectivity index (χ4v) is 3.79. The molecule has 2 rings (SSSR count). The molecule has 0 aromatic heterocycles. The Morgan fingerprint density at radius 2 is 1.68 bits per heavy atom. The lowest BCUT2D eigenvalue weighted by Gasteiger charge is -2.47. The molecule has 0 aliphatic carbocycles. The molecule has 2 heterocycles. The molecule has 2 fully saturated rings. The summed E-state index contributed by atoms with van der Waals surface area (Å²) in [5.74, 6) is 0.219. The van der Waals surface area contributed by atoms with E-state index in [9.17, 15) is 4.79 Å². The SMILES string of the molecule is CC1(C)CC(NC(=O)C2(C)CCNC2)CC(C)(C)N1. The average Bonchev–Trinajstić information content (AvgIpc) is 2.61. The maximum absolute atomic E-state index is 12.5. The zero-order valence-electron chi connectivity index (χ0n) is 13.0. The van der Waals surface area contributed by atoms with Gasteiger partial charge in [-0.1, -0.05) is 0 Å². The predicted octanol–water partition coefficient (Wildman–Crippen LogP) is 1.41. The highest BCUT2D eigenvalue weighted by Crippen LogP contribution is 2.30. The van der Waals surface area contributed by atoms with Crippen molar-refractivity contribution in [1.82, 2.24) is 16.0 Å². The standard InChI is InChI=1S/C15H29N3O/c1-13(2)8-11(9-14(3,4)18-13)17-12(19)15(5)6-7-16-10-15/h11,16,18H,6-10H2,1-5H3,(H,17,19). The molecule has 2 aliphatic rings. The van der Waals surface area contributed by atoms with Gasteiger partial charge in [0.1, 0.15) is 0 Å². The van der Waals surface area contributed by atoms with Gasteiger partial charge in [-0.3, -0.25) is 4.79 Å². The van der Waals surface area contributed by atoms with E-state index < -0.39 is 0 Å². The second-order valence-corrected chi connectivity index (χ2v) is 7.96. The molecule has 0 aromatic rings. The molecule has 0 aromatic carbocycles. The number of amides is 1. The number of hydrogen-bond acceptors (Lipinski definition) is 3. The van der Waals surface area contributed by atoms with Gasteiger partial charge in [0.25, 0.3) is 0 Å². The molecule has 110 valence electrons. The smallest absolute Gasteiger partial charge is 0.227 e. The summed E-state index contributed by atoms with van der Waals surface area (Å²) in [5.41, 5.74) is -0.0672. The minimum atomic E-state index is -0.223. The molecule has 0 bridgehead atoms. The minimum Gasteiger partial charge on any atom is -0.353 e. The Morgan fingerprint density at radius 3 is 2.16 bits per heavy atom. The predicted molar refractivity (Wildman–Crippen MR) is 78.1 cm³/mol. The van der Waals surface area contributed by atoms with Gasteiger partial charge in [-0.15, -0.1) is 0 Å². The lowest BCUT2D eigenvalue weighted by molar-refractivity contribution is -0.130. The van der Waals surface area contributed by atoms with Crippen LogP contribution >= 0.6 is 0 Å². The number of rotatable bonds is 2. The summed E-state index contributed by atoms with van der Waals surface area (Å²) in [5, 5.41) is 10.2. The molecule has 4 nitrogen and oxygen atoms in total. The number of hydrogen-bond donors (Lipinski definition) is 3. The molecule has 0 saturated carbocycles. The van der Waals surface area contributed by atoms with Crippen LogP contribution in [0.1, 0.15) is 53.9 Å². The van der Waals surface area contributed by atoms with Crippen LogP contribution in [-0.2, 0) is 4.79 Å². The van der Waals surface area contributed by atoms with Gasteiger partial charge in [0, 0.05) is 23.7 Å². The highest BCUT2D eigenvalue weighted by atomic mass is 16.2. The number of carbonyl (C=O) groups excluding carboxylic acids is 1. The molecule has 0 radical (unpaired) electrons. The third-order valence-electron chi connectivity index (χ3n) is 4.44. The van der Waals surface area contributed by atoms with Crippen LogP contribution in [0.25, 0.3) is 0 Å². The summed E-state index contributed by atoms with van der Waals surface area (Å²) >= 11 is 0. The van der Waals surface area contributed by atoms with Crippen molar-refractivity contribution >= 4 is 5.91 Å². The summed E-state index contributed by atoms with van der Waals surface area (Å²) in [6.45, 7) is 12.7. The van der Waals surface area contributed by atoms with Gasteiger partial charge in [0.05, 0.1) is 5.41 Å². The molecular weight excluding hydrogens is 238 g/mol. The first-order valence-corrected chi connectivity index (χ1v) is 7.43. The van der Waals surface area contributed by atoms with E-state index in [0.717, 1.165) is 32.4 Å². The zero-order chi connectivity index (χ0) is 14.3. The lowest BCUT2D eigenvalue weighted by Crippen LogP contribution is -2.63. The summed E-state index contributed by atoms with van der Waals surface area (Å²) in [7, 11) is 0. The van der Waals surface area contributed by atoms with Crippen molar-refractivity contribution < 1.29 is 4.79 Å². The van der Waals surface area contributed by atoms with Gasteiger partial charge in [0.15, 0.2) is 0 Å². The molecule has 1 unspecified atom stereocenters. The van der Waals surface area contributed by atoms with Gasteiger partial charge in [-0.25, -0.2) is 0 Å². The van der Waals surface area contributed by atoms with E-state index in [4.69, 9.17) is 0 Å². The van der Waals surface area contributed by atoms with Crippen LogP contribution in [0.5, 0.6) is 0 Å². The highest BCUT2D eigenvalue weighted by molar-refractivity contribution is 5.83. The van der Waals surface area contributed by atoms with Gasteiger partial charge >= 0.3 is 0 Å². The van der Waals surface area contributed by atoms with Gasteiger partial charge in [0.2, 0.25) is 5.91 Å². The summed E-state index contributed by atoms with van der Waals surface area (Å²) in [6, 6.07) is 0.274. The van der Waals surface area contributed by atoms with Gasteiger partial charge in [-0.05, 0) is 60.4 Å². The van der Waals surface area contributed by atoms with Crippen LogP contribution in [0.3, 0.4) is 0 Å². The average molecular weight is 267 g/mol. The van der Waals surface area contributed by atoms with Crippen molar-refractivity contribution in [2.24, 2.45) is 5.41 Å². The van der Waals surface area contributed by atoms with Crippen molar-refractivity contribution in [3.63, 3.8) is 0 Å². The molecule has 2 aliphatic heterocycles. The van der Waals surface area contributed by atoms with Crippen LogP contribution in [0.4, 0.5) is 0 Å². The van der Waals surface area contributed by atoms with Crippen LogP contribution in [0, 0.1) is 5.41 Å². The van der Waals surface area contributed by atoms with Crippen LogP contribution in [0.15, 0.2) is 0 Å². The van der Waals surface area contributed by atoms with Crippen molar-refractivity contribution in [2.75, 3.05) is 13.1 Å². The van der Waals surface area contributed by atoms with Crippen LogP contribution < -0.4 is 16.0 Å². The zero-order valence-corrected chi connectivity index (χ0v) is 13.0. The summed E-state index contributed by atoms with van der Waals surface area (Å²) < 4.78 is 0. The Balaban J connectivity index is 2.00. The largest absolute Gasteiger partial charge is 0.353 e. The Kier molecular flexibility index (Phi) is 3.69. The molecule has 1 atom stereocenters. The van der Waals surface area contributed by atoms with E-state index in [-0.39, 0.29) is 28.4 Å². The lowest BCUT2D eigenvalue weighted by atomic mass is 9.79. The maximum atomic E-state index is 12.5. The van der Waals surface area contributed by atoms with Crippen molar-refractivity contribution in [1.29, 1.82) is 0 Å². The third-order valence-corrected chi connectivity index (χ3v) is 4.44.